The van der Waals surface area contributed by atoms with E-state index in [9.17, 15) is 19.2 Å². The van der Waals surface area contributed by atoms with Gasteiger partial charge in [-0.15, -0.1) is 11.3 Å². The monoisotopic (exact) mass is 524 g/mol. The molecule has 2 N–H and O–H groups in total. The number of esters is 1. The Hall–Kier alpha value is -3.73. The largest absolute Gasteiger partial charge is 0.481 e. The molecule has 1 unspecified atom stereocenters. The lowest BCUT2D eigenvalue weighted by molar-refractivity contribution is -0.134. The molecule has 0 radical (unpaired) electrons. The molecule has 2 aliphatic rings. The molecule has 0 spiro atoms. The van der Waals surface area contributed by atoms with E-state index in [1.54, 1.807) is 30.8 Å². The van der Waals surface area contributed by atoms with Crippen molar-refractivity contribution in [1.82, 2.24) is 15.1 Å². The minimum Gasteiger partial charge on any atom is -0.481 e. The quantitative estimate of drug-likeness (QED) is 0.359. The van der Waals surface area contributed by atoms with E-state index in [1.165, 1.54) is 11.3 Å². The van der Waals surface area contributed by atoms with E-state index in [-0.39, 0.29) is 31.4 Å². The third kappa shape index (κ3) is 4.83. The molecule has 0 bridgehead atoms. The Morgan fingerprint density at radius 3 is 2.81 bits per heavy atom. The van der Waals surface area contributed by atoms with Crippen molar-refractivity contribution in [3.63, 3.8) is 0 Å². The van der Waals surface area contributed by atoms with Gasteiger partial charge in [0, 0.05) is 23.7 Å². The molecule has 11 heteroatoms. The topological polar surface area (TPSA) is 129 Å². The highest BCUT2D eigenvalue weighted by molar-refractivity contribution is 7.17. The molecule has 1 saturated heterocycles. The van der Waals surface area contributed by atoms with Crippen LogP contribution in [0.15, 0.2) is 18.2 Å². The number of imide groups is 1. The minimum absolute atomic E-state index is 0.255. The number of ether oxygens (including phenoxy) is 2. The van der Waals surface area contributed by atoms with Crippen LogP contribution in [-0.2, 0) is 39.0 Å². The van der Waals surface area contributed by atoms with Crippen molar-refractivity contribution in [2.75, 3.05) is 18.5 Å². The van der Waals surface area contributed by atoms with Gasteiger partial charge >= 0.3 is 5.97 Å². The first-order valence-electron chi connectivity index (χ1n) is 12.4. The van der Waals surface area contributed by atoms with Gasteiger partial charge in [-0.1, -0.05) is 12.1 Å². The van der Waals surface area contributed by atoms with Crippen LogP contribution in [0.4, 0.5) is 5.00 Å². The van der Waals surface area contributed by atoms with Crippen LogP contribution >= 0.6 is 11.3 Å². The first-order chi connectivity index (χ1) is 17.9. The van der Waals surface area contributed by atoms with E-state index in [0.717, 1.165) is 41.5 Å². The summed E-state index contributed by atoms with van der Waals surface area (Å²) in [5, 5.41) is 11.0. The highest BCUT2D eigenvalue weighted by Crippen LogP contribution is 2.39. The molecule has 3 amide bonds. The fourth-order valence-corrected chi connectivity index (χ4v) is 6.33. The van der Waals surface area contributed by atoms with E-state index in [4.69, 9.17) is 9.47 Å². The number of thiophene rings is 1. The summed E-state index contributed by atoms with van der Waals surface area (Å²) >= 11 is 1.43. The average molecular weight is 525 g/mol. The van der Waals surface area contributed by atoms with E-state index in [1.807, 2.05) is 6.07 Å². The van der Waals surface area contributed by atoms with Gasteiger partial charge in [0.15, 0.2) is 6.61 Å². The summed E-state index contributed by atoms with van der Waals surface area (Å²) in [5.41, 5.74) is 2.65. The van der Waals surface area contributed by atoms with Gasteiger partial charge in [0.05, 0.1) is 23.8 Å². The highest BCUT2D eigenvalue weighted by atomic mass is 32.1. The number of benzene rings is 1. The molecule has 10 nitrogen and oxygen atoms in total. The lowest BCUT2D eigenvalue weighted by Gasteiger charge is -2.19. The molecule has 3 aromatic rings. The number of hydrogen-bond donors (Lipinski definition) is 2. The summed E-state index contributed by atoms with van der Waals surface area (Å²) in [5.74, 6) is -1.55. The van der Waals surface area contributed by atoms with E-state index in [0.29, 0.717) is 33.9 Å². The van der Waals surface area contributed by atoms with Crippen LogP contribution < -0.4 is 15.4 Å². The third-order valence-corrected chi connectivity index (χ3v) is 7.90. The molecule has 5 rings (SSSR count). The Morgan fingerprint density at radius 2 is 2.03 bits per heavy atom. The van der Waals surface area contributed by atoms with Crippen LogP contribution in [0.25, 0.3) is 10.9 Å². The smallest absolute Gasteiger partial charge is 0.341 e. The highest BCUT2D eigenvalue weighted by Gasteiger charge is 2.32. The zero-order chi connectivity index (χ0) is 26.1. The molecule has 0 saturated carbocycles. The number of amides is 3. The van der Waals surface area contributed by atoms with Gasteiger partial charge < -0.3 is 14.8 Å². The molecule has 1 aliphatic heterocycles. The number of rotatable bonds is 7. The molecule has 3 heterocycles. The number of anilines is 1. The number of carbonyl (C=O) groups excluding carboxylic acids is 4. The van der Waals surface area contributed by atoms with Crippen LogP contribution in [-0.4, -0.2) is 46.7 Å². The normalized spacial score (nSPS) is 17.3. The van der Waals surface area contributed by atoms with Crippen molar-refractivity contribution in [2.24, 2.45) is 7.05 Å². The maximum atomic E-state index is 12.9. The number of carbonyl (C=O) groups is 4. The number of fused-ring (bicyclic) bond motifs is 2. The summed E-state index contributed by atoms with van der Waals surface area (Å²) in [6.45, 7) is 1.74. The van der Waals surface area contributed by atoms with Crippen molar-refractivity contribution < 1.29 is 28.7 Å². The Balaban J connectivity index is 1.34. The summed E-state index contributed by atoms with van der Waals surface area (Å²) in [7, 11) is 1.74. The predicted octanol–water partition coefficient (Wildman–Crippen LogP) is 3.23. The standard InChI is InChI=1S/C26H28N4O6S/c1-3-35-26(34)21-14-7-4-5-10-18(14)37-25(21)28-20(32)13-36-17-9-6-8-15-22(29-30(2)23(15)17)16-11-12-19(31)27-24(16)33/h6,8-9,16H,3-5,7,10-13H2,1-2H3,(H,28,32)(H,27,31,33). The molecule has 2 aromatic heterocycles. The zero-order valence-corrected chi connectivity index (χ0v) is 21.5. The number of aromatic nitrogens is 2. The van der Waals surface area contributed by atoms with Crippen molar-refractivity contribution in [2.45, 2.75) is 51.4 Å². The summed E-state index contributed by atoms with van der Waals surface area (Å²) in [4.78, 5) is 50.7. The molecular weight excluding hydrogens is 496 g/mol. The maximum absolute atomic E-state index is 12.9. The van der Waals surface area contributed by atoms with Gasteiger partial charge in [-0.3, -0.25) is 24.4 Å². The van der Waals surface area contributed by atoms with Crippen LogP contribution in [0.3, 0.4) is 0 Å². The van der Waals surface area contributed by atoms with Crippen molar-refractivity contribution in [3.8, 4) is 5.75 Å². The zero-order valence-electron chi connectivity index (χ0n) is 20.7. The fourth-order valence-electron chi connectivity index (χ4n) is 5.04. The van der Waals surface area contributed by atoms with Gasteiger partial charge in [-0.05, 0) is 50.7 Å². The second-order valence-electron chi connectivity index (χ2n) is 9.14. The number of hydrogen-bond acceptors (Lipinski definition) is 8. The first-order valence-corrected chi connectivity index (χ1v) is 13.2. The van der Waals surface area contributed by atoms with Crippen LogP contribution in [0.1, 0.15) is 65.0 Å². The van der Waals surface area contributed by atoms with Gasteiger partial charge in [-0.25, -0.2) is 4.79 Å². The van der Waals surface area contributed by atoms with Crippen molar-refractivity contribution >= 4 is 50.9 Å². The summed E-state index contributed by atoms with van der Waals surface area (Å²) < 4.78 is 12.8. The fraction of sp³-hybridized carbons (Fsp3) is 0.423. The summed E-state index contributed by atoms with van der Waals surface area (Å²) in [6, 6.07) is 5.36. The van der Waals surface area contributed by atoms with E-state index < -0.39 is 17.8 Å². The van der Waals surface area contributed by atoms with Crippen LogP contribution in [0.2, 0.25) is 0 Å². The lowest BCUT2D eigenvalue weighted by Crippen LogP contribution is -2.39. The molecular formula is C26H28N4O6S. The molecule has 1 atom stereocenters. The second kappa shape index (κ2) is 10.3. The Bertz CT molecular complexity index is 1410. The Morgan fingerprint density at radius 1 is 1.22 bits per heavy atom. The lowest BCUT2D eigenvalue weighted by atomic mass is 9.93. The SMILES string of the molecule is CCOC(=O)c1c(NC(=O)COc2cccc3c(C4CCC(=O)NC4=O)nn(C)c23)sc2c1CCCC2. The van der Waals surface area contributed by atoms with Gasteiger partial charge in [-0.2, -0.15) is 5.10 Å². The van der Waals surface area contributed by atoms with E-state index in [2.05, 4.69) is 15.7 Å². The average Bonchev–Trinajstić information content (AvgIpc) is 3.40. The molecule has 1 fully saturated rings. The maximum Gasteiger partial charge on any atom is 0.341 e. The number of nitrogens with one attached hydrogen (secondary N) is 2. The Kier molecular flexibility index (Phi) is 6.96. The third-order valence-electron chi connectivity index (χ3n) is 6.69. The molecule has 1 aliphatic carbocycles. The van der Waals surface area contributed by atoms with Gasteiger partial charge in [0.25, 0.3) is 5.91 Å². The number of nitrogens with zero attached hydrogens (tertiary/aromatic N) is 2. The van der Waals surface area contributed by atoms with Crippen LogP contribution in [0, 0.1) is 0 Å². The second-order valence-corrected chi connectivity index (χ2v) is 10.2. The van der Waals surface area contributed by atoms with E-state index >= 15 is 0 Å². The van der Waals surface area contributed by atoms with Crippen molar-refractivity contribution in [3.05, 3.63) is 39.9 Å². The molecule has 37 heavy (non-hydrogen) atoms. The van der Waals surface area contributed by atoms with Gasteiger partial charge in [0.2, 0.25) is 11.8 Å². The molecule has 1 aromatic carbocycles. The van der Waals surface area contributed by atoms with Gasteiger partial charge in [0.1, 0.15) is 16.3 Å². The first kappa shape index (κ1) is 24.9. The van der Waals surface area contributed by atoms with Crippen molar-refractivity contribution in [1.29, 1.82) is 0 Å². The minimum atomic E-state index is -0.536. The predicted molar refractivity (Wildman–Crippen MR) is 137 cm³/mol. The number of aryl methyl sites for hydroxylation is 2. The number of para-hydroxylation sites is 1. The van der Waals surface area contributed by atoms with Crippen LogP contribution in [0.5, 0.6) is 5.75 Å². The number of piperidine rings is 1. The summed E-state index contributed by atoms with van der Waals surface area (Å²) in [6.07, 6.45) is 4.38. The Labute approximate surface area is 217 Å². The molecule has 194 valence electrons.